The molecule has 1 aromatic rings. The molecule has 0 radical (unpaired) electrons. The number of guanidine groups is 1. The highest BCUT2D eigenvalue weighted by atomic mass is 127. The van der Waals surface area contributed by atoms with Gasteiger partial charge in [0, 0.05) is 26.7 Å². The van der Waals surface area contributed by atoms with Gasteiger partial charge in [-0.25, -0.2) is 0 Å². The molecule has 0 unspecified atom stereocenters. The third-order valence-corrected chi connectivity index (χ3v) is 5.75. The van der Waals surface area contributed by atoms with Crippen molar-refractivity contribution in [2.24, 2.45) is 10.4 Å². The lowest BCUT2D eigenvalue weighted by molar-refractivity contribution is 0.174. The second-order valence-electron chi connectivity index (χ2n) is 7.29. The van der Waals surface area contributed by atoms with Gasteiger partial charge in [0.15, 0.2) is 17.5 Å². The highest BCUT2D eigenvalue weighted by molar-refractivity contribution is 14.0. The Bertz CT molecular complexity index is 629. The van der Waals surface area contributed by atoms with Gasteiger partial charge in [0.2, 0.25) is 6.79 Å². The van der Waals surface area contributed by atoms with Crippen LogP contribution in [0.1, 0.15) is 37.7 Å². The first kappa shape index (κ1) is 18.6. The van der Waals surface area contributed by atoms with E-state index >= 15 is 0 Å². The van der Waals surface area contributed by atoms with E-state index in [9.17, 15) is 0 Å². The van der Waals surface area contributed by atoms with Gasteiger partial charge in [-0.05, 0) is 48.8 Å². The van der Waals surface area contributed by atoms with Crippen molar-refractivity contribution in [2.75, 3.05) is 33.5 Å². The molecule has 3 aliphatic rings. The summed E-state index contributed by atoms with van der Waals surface area (Å²) in [5.41, 5.74) is 1.84. The molecule has 1 aliphatic carbocycles. The van der Waals surface area contributed by atoms with E-state index in [1.165, 1.54) is 44.2 Å². The summed E-state index contributed by atoms with van der Waals surface area (Å²) in [6, 6.07) is 6.19. The van der Waals surface area contributed by atoms with Gasteiger partial charge < -0.3 is 19.7 Å². The maximum atomic E-state index is 5.45. The molecule has 138 valence electrons. The molecule has 1 spiro atoms. The van der Waals surface area contributed by atoms with Gasteiger partial charge in [0.1, 0.15) is 0 Å². The number of benzene rings is 1. The maximum absolute atomic E-state index is 5.45. The van der Waals surface area contributed by atoms with Gasteiger partial charge >= 0.3 is 0 Å². The van der Waals surface area contributed by atoms with E-state index in [0.29, 0.717) is 12.2 Å². The first-order valence-corrected chi connectivity index (χ1v) is 9.12. The molecule has 2 fully saturated rings. The van der Waals surface area contributed by atoms with Crippen molar-refractivity contribution in [1.29, 1.82) is 0 Å². The van der Waals surface area contributed by atoms with Crippen molar-refractivity contribution >= 4 is 29.9 Å². The van der Waals surface area contributed by atoms with Crippen LogP contribution in [0.15, 0.2) is 23.2 Å². The predicted octanol–water partition coefficient (Wildman–Crippen LogP) is 3.42. The predicted molar refractivity (Wildman–Crippen MR) is 110 cm³/mol. The number of hydrogen-bond donors (Lipinski definition) is 1. The molecule has 2 heterocycles. The molecule has 0 aromatic heterocycles. The van der Waals surface area contributed by atoms with Crippen LogP contribution >= 0.6 is 24.0 Å². The number of halogens is 1. The standard InChI is InChI=1S/C19H27N3O2.HI/c1-20-18(22-11-9-19(13-22)7-2-3-8-19)21-10-6-15-4-5-16-17(12-15)24-14-23-16;/h4-5,12H,2-3,6-11,13-14H2,1H3,(H,20,21);1H. The fourth-order valence-electron chi connectivity index (χ4n) is 4.40. The van der Waals surface area contributed by atoms with Crippen molar-refractivity contribution in [3.05, 3.63) is 23.8 Å². The molecular formula is C19H28IN3O2. The molecule has 1 saturated heterocycles. The first-order valence-electron chi connectivity index (χ1n) is 9.12. The van der Waals surface area contributed by atoms with E-state index in [4.69, 9.17) is 9.47 Å². The van der Waals surface area contributed by atoms with Gasteiger partial charge in [0.05, 0.1) is 0 Å². The maximum Gasteiger partial charge on any atom is 0.231 e. The van der Waals surface area contributed by atoms with Crippen LogP contribution in [0.25, 0.3) is 0 Å². The molecule has 1 aromatic carbocycles. The lowest BCUT2D eigenvalue weighted by Crippen LogP contribution is -2.41. The smallest absolute Gasteiger partial charge is 0.231 e. The van der Waals surface area contributed by atoms with Crippen LogP contribution in [0, 0.1) is 5.41 Å². The monoisotopic (exact) mass is 457 g/mol. The quantitative estimate of drug-likeness (QED) is 0.430. The summed E-state index contributed by atoms with van der Waals surface area (Å²) >= 11 is 0. The van der Waals surface area contributed by atoms with E-state index in [-0.39, 0.29) is 24.0 Å². The average Bonchev–Trinajstić information content (AvgIpc) is 3.33. The zero-order valence-electron chi connectivity index (χ0n) is 14.9. The van der Waals surface area contributed by atoms with Gasteiger partial charge in [-0.2, -0.15) is 0 Å². The van der Waals surface area contributed by atoms with Crippen LogP contribution in [0.3, 0.4) is 0 Å². The van der Waals surface area contributed by atoms with Crippen molar-refractivity contribution in [3.8, 4) is 11.5 Å². The van der Waals surface area contributed by atoms with Crippen LogP contribution in [0.4, 0.5) is 0 Å². The molecule has 0 amide bonds. The summed E-state index contributed by atoms with van der Waals surface area (Å²) in [4.78, 5) is 6.95. The highest BCUT2D eigenvalue weighted by Crippen LogP contribution is 2.45. The molecule has 5 nitrogen and oxygen atoms in total. The van der Waals surface area contributed by atoms with Crippen LogP contribution in [-0.2, 0) is 6.42 Å². The highest BCUT2D eigenvalue weighted by Gasteiger charge is 2.40. The Kier molecular flexibility index (Phi) is 5.96. The van der Waals surface area contributed by atoms with Gasteiger partial charge in [-0.3, -0.25) is 4.99 Å². The molecular weight excluding hydrogens is 429 g/mol. The molecule has 25 heavy (non-hydrogen) atoms. The molecule has 1 N–H and O–H groups in total. The number of nitrogens with zero attached hydrogens (tertiary/aromatic N) is 2. The SMILES string of the molecule is CN=C(NCCc1ccc2c(c1)OCO2)N1CCC2(CCCC2)C1.I. The molecule has 2 aliphatic heterocycles. The van der Waals surface area contributed by atoms with E-state index in [2.05, 4.69) is 27.3 Å². The van der Waals surface area contributed by atoms with E-state index in [1.54, 1.807) is 0 Å². The Hall–Kier alpha value is -1.18. The number of rotatable bonds is 3. The summed E-state index contributed by atoms with van der Waals surface area (Å²) in [5, 5.41) is 3.54. The normalized spacial score (nSPS) is 20.8. The number of aliphatic imine (C=N–C) groups is 1. The van der Waals surface area contributed by atoms with Gasteiger partial charge in [-0.1, -0.05) is 18.9 Å². The molecule has 4 rings (SSSR count). The Morgan fingerprint density at radius 1 is 1.20 bits per heavy atom. The summed E-state index contributed by atoms with van der Waals surface area (Å²) in [6.07, 6.45) is 7.90. The van der Waals surface area contributed by atoms with E-state index in [1.807, 2.05) is 13.1 Å². The van der Waals surface area contributed by atoms with Crippen molar-refractivity contribution in [3.63, 3.8) is 0 Å². The minimum absolute atomic E-state index is 0. The molecule has 0 bridgehead atoms. The van der Waals surface area contributed by atoms with E-state index in [0.717, 1.165) is 37.0 Å². The Labute approximate surface area is 167 Å². The number of nitrogens with one attached hydrogen (secondary N) is 1. The largest absolute Gasteiger partial charge is 0.454 e. The minimum atomic E-state index is 0. The first-order chi connectivity index (χ1) is 11.8. The Morgan fingerprint density at radius 3 is 2.80 bits per heavy atom. The molecule has 6 heteroatoms. The number of hydrogen-bond acceptors (Lipinski definition) is 3. The zero-order chi connectivity index (χ0) is 16.4. The van der Waals surface area contributed by atoms with Crippen LogP contribution in [0.5, 0.6) is 11.5 Å². The zero-order valence-corrected chi connectivity index (χ0v) is 17.3. The summed E-state index contributed by atoms with van der Waals surface area (Å²) in [7, 11) is 1.89. The fourth-order valence-corrected chi connectivity index (χ4v) is 4.40. The van der Waals surface area contributed by atoms with E-state index < -0.39 is 0 Å². The van der Waals surface area contributed by atoms with Gasteiger partial charge in [0.25, 0.3) is 0 Å². The summed E-state index contributed by atoms with van der Waals surface area (Å²) < 4.78 is 10.8. The third kappa shape index (κ3) is 3.99. The lowest BCUT2D eigenvalue weighted by Gasteiger charge is -2.26. The second kappa shape index (κ2) is 8.01. The van der Waals surface area contributed by atoms with Crippen molar-refractivity contribution in [1.82, 2.24) is 10.2 Å². The number of ether oxygens (including phenoxy) is 2. The average molecular weight is 457 g/mol. The van der Waals surface area contributed by atoms with Crippen molar-refractivity contribution in [2.45, 2.75) is 38.5 Å². The number of likely N-dealkylation sites (tertiary alicyclic amines) is 1. The summed E-state index contributed by atoms with van der Waals surface area (Å²) in [6.45, 7) is 3.54. The molecule has 0 atom stereocenters. The lowest BCUT2D eigenvalue weighted by atomic mass is 9.86. The van der Waals surface area contributed by atoms with Crippen LogP contribution in [-0.4, -0.2) is 44.3 Å². The van der Waals surface area contributed by atoms with Crippen LogP contribution < -0.4 is 14.8 Å². The Balaban J connectivity index is 0.00000182. The number of fused-ring (bicyclic) bond motifs is 1. The van der Waals surface area contributed by atoms with Crippen LogP contribution in [0.2, 0.25) is 0 Å². The second-order valence-corrected chi connectivity index (χ2v) is 7.29. The topological polar surface area (TPSA) is 46.1 Å². The fraction of sp³-hybridized carbons (Fsp3) is 0.632. The Morgan fingerprint density at radius 2 is 2.00 bits per heavy atom. The van der Waals surface area contributed by atoms with Gasteiger partial charge in [-0.15, -0.1) is 24.0 Å². The molecule has 1 saturated carbocycles. The minimum Gasteiger partial charge on any atom is -0.454 e. The van der Waals surface area contributed by atoms with Crippen molar-refractivity contribution < 1.29 is 9.47 Å². The third-order valence-electron chi connectivity index (χ3n) is 5.75. The summed E-state index contributed by atoms with van der Waals surface area (Å²) in [5.74, 6) is 2.76.